The van der Waals surface area contributed by atoms with Gasteiger partial charge in [0, 0.05) is 6.54 Å². The quantitative estimate of drug-likeness (QED) is 0.725. The van der Waals surface area contributed by atoms with Crippen molar-refractivity contribution in [3.63, 3.8) is 0 Å². The van der Waals surface area contributed by atoms with E-state index in [2.05, 4.69) is 50.5 Å². The first-order valence-corrected chi connectivity index (χ1v) is 7.45. The molecule has 0 aliphatic heterocycles. The number of benzene rings is 1. The van der Waals surface area contributed by atoms with Gasteiger partial charge in [-0.05, 0) is 37.3 Å². The Morgan fingerprint density at radius 1 is 1.21 bits per heavy atom. The summed E-state index contributed by atoms with van der Waals surface area (Å²) >= 11 is 6.31. The van der Waals surface area contributed by atoms with Crippen molar-refractivity contribution in [3.05, 3.63) is 29.6 Å². The lowest BCUT2D eigenvalue weighted by atomic mass is 9.98. The zero-order valence-electron chi connectivity index (χ0n) is 12.4. The number of fused-ring (bicyclic) bond motifs is 1. The molecule has 1 aromatic carbocycles. The van der Waals surface area contributed by atoms with E-state index in [4.69, 9.17) is 16.6 Å². The number of nitrogens with zero attached hydrogens (tertiary/aromatic N) is 2. The van der Waals surface area contributed by atoms with E-state index in [0.717, 1.165) is 17.9 Å². The van der Waals surface area contributed by atoms with Gasteiger partial charge in [0.2, 0.25) is 0 Å². The molecule has 0 radical (unpaired) electrons. The van der Waals surface area contributed by atoms with Gasteiger partial charge in [-0.25, -0.2) is 4.98 Å². The van der Waals surface area contributed by atoms with Gasteiger partial charge in [-0.3, -0.25) is 0 Å². The van der Waals surface area contributed by atoms with Crippen LogP contribution >= 0.6 is 11.6 Å². The van der Waals surface area contributed by atoms with Crippen molar-refractivity contribution in [2.45, 2.75) is 46.5 Å². The summed E-state index contributed by atoms with van der Waals surface area (Å²) in [5, 5.41) is -0.0637. The van der Waals surface area contributed by atoms with Crippen LogP contribution in [0, 0.1) is 18.8 Å². The Bertz CT molecular complexity index is 569. The summed E-state index contributed by atoms with van der Waals surface area (Å²) in [6.45, 7) is 11.9. The van der Waals surface area contributed by atoms with E-state index in [1.807, 2.05) is 6.92 Å². The fraction of sp³-hybridized carbons (Fsp3) is 0.562. The minimum absolute atomic E-state index is 0.0637. The second kappa shape index (κ2) is 5.54. The van der Waals surface area contributed by atoms with Crippen LogP contribution in [0.15, 0.2) is 18.2 Å². The second-order valence-electron chi connectivity index (χ2n) is 5.86. The number of rotatable bonds is 4. The van der Waals surface area contributed by atoms with Gasteiger partial charge >= 0.3 is 0 Å². The van der Waals surface area contributed by atoms with Crippen LogP contribution in [0.5, 0.6) is 0 Å². The summed E-state index contributed by atoms with van der Waals surface area (Å²) in [5.41, 5.74) is 3.50. The van der Waals surface area contributed by atoms with E-state index in [-0.39, 0.29) is 5.38 Å². The monoisotopic (exact) mass is 278 g/mol. The highest BCUT2D eigenvalue weighted by Gasteiger charge is 2.18. The summed E-state index contributed by atoms with van der Waals surface area (Å²) in [4.78, 5) is 4.76. The van der Waals surface area contributed by atoms with Crippen molar-refractivity contribution in [2.75, 3.05) is 0 Å². The van der Waals surface area contributed by atoms with Crippen molar-refractivity contribution in [2.24, 2.45) is 11.8 Å². The molecule has 2 unspecified atom stereocenters. The van der Waals surface area contributed by atoms with E-state index in [0.29, 0.717) is 11.8 Å². The molecule has 1 aromatic heterocycles. The Morgan fingerprint density at radius 3 is 2.47 bits per heavy atom. The normalized spacial score (nSPS) is 15.1. The zero-order chi connectivity index (χ0) is 14.2. The molecule has 2 aromatic rings. The second-order valence-corrected chi connectivity index (χ2v) is 6.52. The Labute approximate surface area is 120 Å². The van der Waals surface area contributed by atoms with Crippen molar-refractivity contribution in [1.29, 1.82) is 0 Å². The number of halogens is 1. The average Bonchev–Trinajstić information content (AvgIpc) is 2.70. The number of hydrogen-bond acceptors (Lipinski definition) is 1. The summed E-state index contributed by atoms with van der Waals surface area (Å²) in [6.07, 6.45) is 0. The van der Waals surface area contributed by atoms with Gasteiger partial charge in [0.05, 0.1) is 16.4 Å². The predicted octanol–water partition coefficient (Wildman–Crippen LogP) is 4.94. The maximum atomic E-state index is 6.31. The molecule has 2 rings (SSSR count). The number of para-hydroxylation sites is 1. The fourth-order valence-corrected chi connectivity index (χ4v) is 2.47. The molecule has 2 atom stereocenters. The third-order valence-corrected chi connectivity index (χ3v) is 4.17. The highest BCUT2D eigenvalue weighted by atomic mass is 35.5. The summed E-state index contributed by atoms with van der Waals surface area (Å²) in [7, 11) is 0. The predicted molar refractivity (Wildman–Crippen MR) is 82.7 cm³/mol. The first-order chi connectivity index (χ1) is 8.91. The van der Waals surface area contributed by atoms with Crippen LogP contribution in [-0.4, -0.2) is 9.55 Å². The molecule has 2 nitrogen and oxygen atoms in total. The van der Waals surface area contributed by atoms with Gasteiger partial charge in [-0.15, -0.1) is 11.6 Å². The Morgan fingerprint density at radius 2 is 1.89 bits per heavy atom. The van der Waals surface area contributed by atoms with Crippen LogP contribution in [0.1, 0.15) is 44.5 Å². The van der Waals surface area contributed by atoms with E-state index < -0.39 is 0 Å². The molecular weight excluding hydrogens is 256 g/mol. The SMILES string of the molecule is Cc1cccc2c1nc(C(C)Cl)n2CC(C)C(C)C. The minimum atomic E-state index is -0.0637. The summed E-state index contributed by atoms with van der Waals surface area (Å²) < 4.78 is 2.30. The molecule has 0 saturated carbocycles. The Hall–Kier alpha value is -1.02. The van der Waals surface area contributed by atoms with Crippen LogP contribution in [-0.2, 0) is 6.54 Å². The van der Waals surface area contributed by atoms with Gasteiger partial charge in [0.25, 0.3) is 0 Å². The zero-order valence-corrected chi connectivity index (χ0v) is 13.2. The summed E-state index contributed by atoms with van der Waals surface area (Å²) in [6, 6.07) is 6.35. The Balaban J connectivity index is 2.56. The maximum Gasteiger partial charge on any atom is 0.127 e. The standard InChI is InChI=1S/C16H23ClN2/c1-10(2)12(4)9-19-14-8-6-7-11(3)15(14)18-16(19)13(5)17/h6-8,10,12-13H,9H2,1-5H3. The molecule has 0 fully saturated rings. The van der Waals surface area contributed by atoms with Crippen molar-refractivity contribution in [1.82, 2.24) is 9.55 Å². The minimum Gasteiger partial charge on any atom is -0.326 e. The third kappa shape index (κ3) is 2.79. The molecule has 3 heteroatoms. The first-order valence-electron chi connectivity index (χ1n) is 7.01. The molecule has 0 amide bonds. The van der Waals surface area contributed by atoms with Crippen molar-refractivity contribution >= 4 is 22.6 Å². The third-order valence-electron chi connectivity index (χ3n) is 3.97. The van der Waals surface area contributed by atoms with Crippen molar-refractivity contribution < 1.29 is 0 Å². The molecule has 0 N–H and O–H groups in total. The van der Waals surface area contributed by atoms with E-state index in [9.17, 15) is 0 Å². The number of alkyl halides is 1. The fourth-order valence-electron chi connectivity index (χ4n) is 2.30. The maximum absolute atomic E-state index is 6.31. The van der Waals surface area contributed by atoms with Crippen LogP contribution in [0.3, 0.4) is 0 Å². The number of aryl methyl sites for hydroxylation is 1. The lowest BCUT2D eigenvalue weighted by Crippen LogP contribution is -2.15. The number of aromatic nitrogens is 2. The van der Waals surface area contributed by atoms with E-state index >= 15 is 0 Å². The molecule has 0 saturated heterocycles. The molecular formula is C16H23ClN2. The Kier molecular flexibility index (Phi) is 4.19. The molecule has 104 valence electrons. The van der Waals surface area contributed by atoms with Crippen LogP contribution in [0.4, 0.5) is 0 Å². The lowest BCUT2D eigenvalue weighted by Gasteiger charge is -2.19. The number of hydrogen-bond donors (Lipinski definition) is 0. The van der Waals surface area contributed by atoms with Gasteiger partial charge in [-0.1, -0.05) is 32.9 Å². The highest BCUT2D eigenvalue weighted by molar-refractivity contribution is 6.20. The number of imidazole rings is 1. The molecule has 19 heavy (non-hydrogen) atoms. The largest absolute Gasteiger partial charge is 0.326 e. The molecule has 0 aliphatic rings. The molecule has 1 heterocycles. The van der Waals surface area contributed by atoms with Crippen LogP contribution in [0.2, 0.25) is 0 Å². The van der Waals surface area contributed by atoms with Gasteiger partial charge in [-0.2, -0.15) is 0 Å². The van der Waals surface area contributed by atoms with Gasteiger partial charge in [0.1, 0.15) is 5.82 Å². The van der Waals surface area contributed by atoms with Crippen LogP contribution in [0.25, 0.3) is 11.0 Å². The molecule has 0 aliphatic carbocycles. The van der Waals surface area contributed by atoms with Crippen LogP contribution < -0.4 is 0 Å². The average molecular weight is 279 g/mol. The topological polar surface area (TPSA) is 17.8 Å². The lowest BCUT2D eigenvalue weighted by molar-refractivity contribution is 0.364. The molecule has 0 bridgehead atoms. The van der Waals surface area contributed by atoms with Gasteiger partial charge < -0.3 is 4.57 Å². The summed E-state index contributed by atoms with van der Waals surface area (Å²) in [5.74, 6) is 2.24. The first kappa shape index (κ1) is 14.4. The molecule has 0 spiro atoms. The van der Waals surface area contributed by atoms with Crippen molar-refractivity contribution in [3.8, 4) is 0 Å². The smallest absolute Gasteiger partial charge is 0.127 e. The highest BCUT2D eigenvalue weighted by Crippen LogP contribution is 2.28. The van der Waals surface area contributed by atoms with E-state index in [1.54, 1.807) is 0 Å². The van der Waals surface area contributed by atoms with Gasteiger partial charge in [0.15, 0.2) is 0 Å². The van der Waals surface area contributed by atoms with E-state index in [1.165, 1.54) is 11.1 Å².